The molecule has 4 aromatic rings. The summed E-state index contributed by atoms with van der Waals surface area (Å²) < 4.78 is 0. The van der Waals surface area contributed by atoms with Gasteiger partial charge in [-0.3, -0.25) is 0 Å². The van der Waals surface area contributed by atoms with Gasteiger partial charge in [0.05, 0.1) is 0 Å². The van der Waals surface area contributed by atoms with E-state index in [4.69, 9.17) is 0 Å². The Bertz CT molecular complexity index is 1080. The monoisotopic (exact) mass is 466 g/mol. The Labute approximate surface area is 208 Å². The summed E-state index contributed by atoms with van der Waals surface area (Å²) in [5, 5.41) is 6.89. The second-order valence-corrected chi connectivity index (χ2v) is 10.4. The summed E-state index contributed by atoms with van der Waals surface area (Å²) in [6.45, 7) is 0. The van der Waals surface area contributed by atoms with Crippen molar-refractivity contribution in [1.82, 2.24) is 0 Å². The van der Waals surface area contributed by atoms with Crippen LogP contribution in [0.3, 0.4) is 0 Å². The third kappa shape index (κ3) is 5.27. The second-order valence-electron chi connectivity index (χ2n) is 8.17. The predicted molar refractivity (Wildman–Crippen MR) is 137 cm³/mol. The predicted octanol–water partition coefficient (Wildman–Crippen LogP) is 6.66. The fraction of sp³-hybridized carbons (Fsp3) is 0.133. The van der Waals surface area contributed by atoms with Crippen LogP contribution in [0.5, 0.6) is 0 Å². The Morgan fingerprint density at radius 3 is 2.00 bits per heavy atom. The van der Waals surface area contributed by atoms with E-state index >= 15 is 0 Å². The third-order valence-electron chi connectivity index (χ3n) is 6.13. The Hall–Kier alpha value is -2.11. The second kappa shape index (κ2) is 11.2. The molecular formula is C30H27PTi. The maximum Gasteiger partial charge on any atom is 2.00 e. The minimum absolute atomic E-state index is 0. The van der Waals surface area contributed by atoms with Crippen LogP contribution in [0.2, 0.25) is 0 Å². The van der Waals surface area contributed by atoms with Gasteiger partial charge in [-0.1, -0.05) is 91.4 Å². The number of fused-ring (bicyclic) bond motifs is 2. The molecule has 4 aromatic carbocycles. The van der Waals surface area contributed by atoms with E-state index < -0.39 is 7.92 Å². The zero-order chi connectivity index (χ0) is 20.9. The number of allylic oxidation sites excluding steroid dienone is 4. The van der Waals surface area contributed by atoms with Crippen molar-refractivity contribution < 1.29 is 21.7 Å². The minimum atomic E-state index is -0.493. The standard InChI is InChI=1S/C21H16P.C9H11.Ti/c1-3-11-19(12-4-1)22(20-13-5-2-6-14-20)21-15-17-9-7-8-10-18(17)16-21;1-2-5-9-7-3-6-8(9)4-1;/h1-16H;1-2,4-6,8-9H,3,7H2;/q2*-1;+2. The molecule has 156 valence electrons. The number of hydrogen-bond acceptors (Lipinski definition) is 0. The Kier molecular flexibility index (Phi) is 8.04. The van der Waals surface area contributed by atoms with Gasteiger partial charge in [0.2, 0.25) is 0 Å². The van der Waals surface area contributed by atoms with Crippen LogP contribution in [0.1, 0.15) is 12.8 Å². The van der Waals surface area contributed by atoms with Gasteiger partial charge in [-0.25, -0.2) is 0 Å². The summed E-state index contributed by atoms with van der Waals surface area (Å²) >= 11 is 0. The first-order chi connectivity index (χ1) is 15.4. The molecule has 32 heavy (non-hydrogen) atoms. The van der Waals surface area contributed by atoms with E-state index in [0.29, 0.717) is 0 Å². The molecule has 2 unspecified atom stereocenters. The van der Waals surface area contributed by atoms with Gasteiger partial charge in [0.25, 0.3) is 0 Å². The van der Waals surface area contributed by atoms with E-state index in [2.05, 4.69) is 128 Å². The molecule has 0 aromatic heterocycles. The first kappa shape index (κ1) is 23.1. The maximum absolute atomic E-state index is 2.42. The molecule has 0 aliphatic heterocycles. The first-order valence-corrected chi connectivity index (χ1v) is 12.5. The van der Waals surface area contributed by atoms with Gasteiger partial charge in [0, 0.05) is 0 Å². The van der Waals surface area contributed by atoms with E-state index in [-0.39, 0.29) is 21.7 Å². The van der Waals surface area contributed by atoms with E-state index in [1.165, 1.54) is 39.5 Å². The summed E-state index contributed by atoms with van der Waals surface area (Å²) in [5.41, 5.74) is 0. The molecule has 0 N–H and O–H groups in total. The average Bonchev–Trinajstić information content (AvgIpc) is 3.48. The van der Waals surface area contributed by atoms with Crippen LogP contribution in [0.15, 0.2) is 121 Å². The number of hydrogen-bond donors (Lipinski definition) is 0. The zero-order valence-corrected chi connectivity index (χ0v) is 20.6. The first-order valence-electron chi connectivity index (χ1n) is 11.1. The summed E-state index contributed by atoms with van der Waals surface area (Å²) in [6, 6.07) is 35.0. The summed E-state index contributed by atoms with van der Waals surface area (Å²) in [6.07, 6.45) is 14.1. The van der Waals surface area contributed by atoms with Crippen molar-refractivity contribution in [3.8, 4) is 0 Å². The fourth-order valence-electron chi connectivity index (χ4n) is 4.56. The van der Waals surface area contributed by atoms with Crippen LogP contribution >= 0.6 is 7.92 Å². The maximum atomic E-state index is 2.42. The van der Waals surface area contributed by atoms with Gasteiger partial charge >= 0.3 is 21.7 Å². The molecule has 0 saturated heterocycles. The molecule has 1 fully saturated rings. The van der Waals surface area contributed by atoms with E-state index in [9.17, 15) is 0 Å². The van der Waals surface area contributed by atoms with Crippen LogP contribution in [-0.4, -0.2) is 0 Å². The molecule has 1 saturated carbocycles. The van der Waals surface area contributed by atoms with Crippen LogP contribution in [0.25, 0.3) is 10.8 Å². The Morgan fingerprint density at radius 2 is 1.34 bits per heavy atom. The van der Waals surface area contributed by atoms with Crippen molar-refractivity contribution in [2.24, 2.45) is 11.8 Å². The molecule has 0 radical (unpaired) electrons. The van der Waals surface area contributed by atoms with Gasteiger partial charge < -0.3 is 6.42 Å². The molecule has 0 heterocycles. The largest absolute Gasteiger partial charge is 2.00 e. The van der Waals surface area contributed by atoms with Crippen LogP contribution in [0, 0.1) is 18.3 Å². The van der Waals surface area contributed by atoms with Crippen LogP contribution in [-0.2, 0) is 21.7 Å². The zero-order valence-electron chi connectivity index (χ0n) is 18.1. The molecule has 0 nitrogen and oxygen atoms in total. The van der Waals surface area contributed by atoms with E-state index in [0.717, 1.165) is 11.8 Å². The number of benzene rings is 3. The molecule has 2 heteroatoms. The smallest absolute Gasteiger partial charge is 0.321 e. The van der Waals surface area contributed by atoms with Crippen molar-refractivity contribution in [3.63, 3.8) is 0 Å². The van der Waals surface area contributed by atoms with E-state index in [1.807, 2.05) is 0 Å². The quantitative estimate of drug-likeness (QED) is 0.180. The van der Waals surface area contributed by atoms with Gasteiger partial charge in [0.15, 0.2) is 0 Å². The van der Waals surface area contributed by atoms with Crippen LogP contribution in [0.4, 0.5) is 0 Å². The van der Waals surface area contributed by atoms with E-state index in [1.54, 1.807) is 0 Å². The molecule has 0 bridgehead atoms. The topological polar surface area (TPSA) is 0 Å². The molecule has 2 atom stereocenters. The van der Waals surface area contributed by atoms with Crippen molar-refractivity contribution in [3.05, 3.63) is 128 Å². The molecule has 6 rings (SSSR count). The molecule has 0 amide bonds. The third-order valence-corrected chi connectivity index (χ3v) is 8.53. The van der Waals surface area contributed by atoms with Crippen molar-refractivity contribution in [1.29, 1.82) is 0 Å². The Morgan fingerprint density at radius 1 is 0.719 bits per heavy atom. The van der Waals surface area contributed by atoms with Crippen molar-refractivity contribution >= 4 is 34.6 Å². The number of rotatable bonds is 3. The summed E-state index contributed by atoms with van der Waals surface area (Å²) in [7, 11) is -0.493. The van der Waals surface area contributed by atoms with Gasteiger partial charge in [-0.2, -0.15) is 12.5 Å². The van der Waals surface area contributed by atoms with Crippen molar-refractivity contribution in [2.75, 3.05) is 0 Å². The van der Waals surface area contributed by atoms with Gasteiger partial charge in [0.1, 0.15) is 0 Å². The van der Waals surface area contributed by atoms with Gasteiger partial charge in [-0.05, 0) is 24.4 Å². The van der Waals surface area contributed by atoms with Gasteiger partial charge in [-0.15, -0.1) is 52.3 Å². The van der Waals surface area contributed by atoms with Crippen molar-refractivity contribution in [2.45, 2.75) is 12.8 Å². The average molecular weight is 466 g/mol. The normalized spacial score (nSPS) is 18.7. The summed E-state index contributed by atoms with van der Waals surface area (Å²) in [4.78, 5) is 0. The molecule has 2 aliphatic carbocycles. The Balaban J connectivity index is 0.000000205. The van der Waals surface area contributed by atoms with Crippen LogP contribution < -0.4 is 15.9 Å². The minimum Gasteiger partial charge on any atom is -0.321 e. The molecule has 0 spiro atoms. The molecular weight excluding hydrogens is 439 g/mol. The SMILES string of the molecule is C1=CC2[CH-]CCC2C=C1.[Ti+2].c1ccc(P(c2ccccc2)c2cc3ccccc3[cH-]2)cc1. The molecule has 2 aliphatic rings. The summed E-state index contributed by atoms with van der Waals surface area (Å²) in [5.74, 6) is 1.62. The fourth-order valence-corrected chi connectivity index (χ4v) is 6.93.